The van der Waals surface area contributed by atoms with Crippen LogP contribution in [-0.2, 0) is 6.42 Å². The Morgan fingerprint density at radius 1 is 1.11 bits per heavy atom. The van der Waals surface area contributed by atoms with Crippen LogP contribution in [0.5, 0.6) is 0 Å². The minimum absolute atomic E-state index is 0.0824. The molecule has 0 amide bonds. The summed E-state index contributed by atoms with van der Waals surface area (Å²) in [5.74, 6) is 0. The molecule has 0 saturated heterocycles. The van der Waals surface area contributed by atoms with E-state index in [-0.39, 0.29) is 18.6 Å². The molecule has 3 nitrogen and oxygen atoms in total. The average molecular weight is 286 g/mol. The number of halogens is 1. The molecule has 0 spiro atoms. The summed E-state index contributed by atoms with van der Waals surface area (Å²) in [5, 5.41) is 17.8. The highest BCUT2D eigenvalue weighted by Gasteiger charge is 2.13. The molecule has 2 N–H and O–H groups in total. The van der Waals surface area contributed by atoms with E-state index in [2.05, 4.69) is 31.2 Å². The molecule has 0 aromatic heterocycles. The summed E-state index contributed by atoms with van der Waals surface area (Å²) in [6, 6.07) is 8.38. The first-order chi connectivity index (χ1) is 9.21. The van der Waals surface area contributed by atoms with Gasteiger partial charge in [0.15, 0.2) is 0 Å². The fourth-order valence-electron chi connectivity index (χ4n) is 2.09. The first-order valence-electron chi connectivity index (χ1n) is 6.88. The van der Waals surface area contributed by atoms with Crippen LogP contribution in [-0.4, -0.2) is 48.0 Å². The third-order valence-electron chi connectivity index (χ3n) is 3.13. The minimum atomic E-state index is -0.117. The number of hydrogen-bond donors (Lipinski definition) is 2. The van der Waals surface area contributed by atoms with Crippen LogP contribution in [0.4, 0.5) is 0 Å². The summed E-state index contributed by atoms with van der Waals surface area (Å²) < 4.78 is 0. The van der Waals surface area contributed by atoms with Gasteiger partial charge in [0.2, 0.25) is 0 Å². The van der Waals surface area contributed by atoms with Crippen LogP contribution in [0.25, 0.3) is 0 Å². The molecular formula is C15H24ClNO2. The summed E-state index contributed by atoms with van der Waals surface area (Å²) in [6.45, 7) is 4.04. The molecule has 0 aliphatic heterocycles. The molecule has 0 bridgehead atoms. The molecule has 1 rings (SSSR count). The lowest BCUT2D eigenvalue weighted by Crippen LogP contribution is -2.32. The molecule has 0 aliphatic carbocycles. The van der Waals surface area contributed by atoms with Gasteiger partial charge in [-0.25, -0.2) is 0 Å². The van der Waals surface area contributed by atoms with Crippen molar-refractivity contribution in [2.45, 2.75) is 25.1 Å². The van der Waals surface area contributed by atoms with Crippen molar-refractivity contribution in [3.05, 3.63) is 35.4 Å². The second-order valence-corrected chi connectivity index (χ2v) is 5.23. The quantitative estimate of drug-likeness (QED) is 0.684. The van der Waals surface area contributed by atoms with E-state index < -0.39 is 0 Å². The Hall–Kier alpha value is -0.610. The van der Waals surface area contributed by atoms with Crippen LogP contribution < -0.4 is 0 Å². The lowest BCUT2D eigenvalue weighted by molar-refractivity contribution is 0.161. The fraction of sp³-hybridized carbons (Fsp3) is 0.600. The normalized spacial score (nSPS) is 12.9. The number of hydrogen-bond acceptors (Lipinski definition) is 3. The van der Waals surface area contributed by atoms with E-state index in [1.54, 1.807) is 0 Å². The first-order valence-corrected chi connectivity index (χ1v) is 7.31. The summed E-state index contributed by atoms with van der Waals surface area (Å²) in [7, 11) is 0. The third kappa shape index (κ3) is 5.91. The van der Waals surface area contributed by atoms with Crippen molar-refractivity contribution in [1.29, 1.82) is 0 Å². The standard InChI is InChI=1S/C15H24ClNO2/c1-2-3-13-4-6-14(7-5-13)15(16)12-17(8-10-18)9-11-19/h4-7,15,18-19H,2-3,8-12H2,1H3. The smallest absolute Gasteiger partial charge is 0.0712 e. The van der Waals surface area contributed by atoms with Crippen molar-refractivity contribution in [2.24, 2.45) is 0 Å². The van der Waals surface area contributed by atoms with E-state index >= 15 is 0 Å². The Bertz CT molecular complexity index is 337. The van der Waals surface area contributed by atoms with Gasteiger partial charge in [-0.3, -0.25) is 4.90 Å². The number of aryl methyl sites for hydroxylation is 1. The molecule has 0 radical (unpaired) electrons. The maximum absolute atomic E-state index is 8.98. The number of nitrogens with zero attached hydrogens (tertiary/aromatic N) is 1. The zero-order valence-corrected chi connectivity index (χ0v) is 12.3. The summed E-state index contributed by atoms with van der Waals surface area (Å²) in [6.07, 6.45) is 2.23. The van der Waals surface area contributed by atoms with E-state index in [0.717, 1.165) is 18.4 Å². The second kappa shape index (κ2) is 9.32. The Morgan fingerprint density at radius 2 is 1.68 bits per heavy atom. The van der Waals surface area contributed by atoms with Crippen LogP contribution in [0, 0.1) is 0 Å². The Labute approximate surface area is 120 Å². The van der Waals surface area contributed by atoms with Gasteiger partial charge in [-0.15, -0.1) is 11.6 Å². The number of benzene rings is 1. The maximum atomic E-state index is 8.98. The van der Waals surface area contributed by atoms with E-state index in [9.17, 15) is 0 Å². The van der Waals surface area contributed by atoms with Crippen LogP contribution >= 0.6 is 11.6 Å². The van der Waals surface area contributed by atoms with Crippen LogP contribution in [0.1, 0.15) is 29.8 Å². The molecule has 0 saturated carbocycles. The van der Waals surface area contributed by atoms with Crippen LogP contribution in [0.15, 0.2) is 24.3 Å². The van der Waals surface area contributed by atoms with Crippen molar-refractivity contribution in [1.82, 2.24) is 4.90 Å². The predicted octanol–water partition coefficient (Wildman–Crippen LogP) is 2.21. The molecule has 1 atom stereocenters. The molecule has 0 heterocycles. The molecule has 1 aromatic rings. The van der Waals surface area contributed by atoms with Gasteiger partial charge in [0, 0.05) is 19.6 Å². The van der Waals surface area contributed by atoms with Gasteiger partial charge < -0.3 is 10.2 Å². The van der Waals surface area contributed by atoms with E-state index in [1.165, 1.54) is 5.56 Å². The zero-order chi connectivity index (χ0) is 14.1. The first kappa shape index (κ1) is 16.4. The van der Waals surface area contributed by atoms with Gasteiger partial charge in [0.25, 0.3) is 0 Å². The predicted molar refractivity (Wildman–Crippen MR) is 79.6 cm³/mol. The highest BCUT2D eigenvalue weighted by Crippen LogP contribution is 2.22. The Kier molecular flexibility index (Phi) is 8.07. The molecule has 0 aliphatic rings. The Morgan fingerprint density at radius 3 is 2.16 bits per heavy atom. The van der Waals surface area contributed by atoms with Crippen molar-refractivity contribution < 1.29 is 10.2 Å². The molecule has 108 valence electrons. The summed E-state index contributed by atoms with van der Waals surface area (Å²) >= 11 is 6.40. The fourth-order valence-corrected chi connectivity index (χ4v) is 2.43. The monoisotopic (exact) mass is 285 g/mol. The van der Waals surface area contributed by atoms with Crippen molar-refractivity contribution in [2.75, 3.05) is 32.8 Å². The van der Waals surface area contributed by atoms with Crippen molar-refractivity contribution >= 4 is 11.6 Å². The SMILES string of the molecule is CCCc1ccc(C(Cl)CN(CCO)CCO)cc1. The minimum Gasteiger partial charge on any atom is -0.395 e. The Balaban J connectivity index is 2.57. The van der Waals surface area contributed by atoms with Gasteiger partial charge in [-0.05, 0) is 17.5 Å². The molecule has 19 heavy (non-hydrogen) atoms. The zero-order valence-electron chi connectivity index (χ0n) is 11.6. The maximum Gasteiger partial charge on any atom is 0.0712 e. The molecule has 1 aromatic carbocycles. The number of aliphatic hydroxyl groups excluding tert-OH is 2. The van der Waals surface area contributed by atoms with E-state index in [4.69, 9.17) is 21.8 Å². The van der Waals surface area contributed by atoms with E-state index in [0.29, 0.717) is 19.6 Å². The lowest BCUT2D eigenvalue weighted by atomic mass is 10.1. The summed E-state index contributed by atoms with van der Waals surface area (Å²) in [5.41, 5.74) is 2.42. The molecule has 0 fully saturated rings. The highest BCUT2D eigenvalue weighted by molar-refractivity contribution is 6.21. The number of alkyl halides is 1. The number of rotatable bonds is 9. The van der Waals surface area contributed by atoms with Crippen molar-refractivity contribution in [3.63, 3.8) is 0 Å². The lowest BCUT2D eigenvalue weighted by Gasteiger charge is -2.23. The summed E-state index contributed by atoms with van der Waals surface area (Å²) in [4.78, 5) is 1.97. The van der Waals surface area contributed by atoms with Crippen molar-refractivity contribution in [3.8, 4) is 0 Å². The van der Waals surface area contributed by atoms with Crippen LogP contribution in [0.3, 0.4) is 0 Å². The molecule has 4 heteroatoms. The van der Waals surface area contributed by atoms with Gasteiger partial charge in [-0.2, -0.15) is 0 Å². The molecule has 1 unspecified atom stereocenters. The highest BCUT2D eigenvalue weighted by atomic mass is 35.5. The van der Waals surface area contributed by atoms with Gasteiger partial charge >= 0.3 is 0 Å². The van der Waals surface area contributed by atoms with Gasteiger partial charge in [0.1, 0.15) is 0 Å². The van der Waals surface area contributed by atoms with Gasteiger partial charge in [-0.1, -0.05) is 37.6 Å². The average Bonchev–Trinajstić information content (AvgIpc) is 2.40. The van der Waals surface area contributed by atoms with Crippen LogP contribution in [0.2, 0.25) is 0 Å². The topological polar surface area (TPSA) is 43.7 Å². The second-order valence-electron chi connectivity index (χ2n) is 4.71. The molecular weight excluding hydrogens is 262 g/mol. The number of aliphatic hydroxyl groups is 2. The van der Waals surface area contributed by atoms with Gasteiger partial charge in [0.05, 0.1) is 18.6 Å². The van der Waals surface area contributed by atoms with E-state index in [1.807, 2.05) is 4.90 Å². The largest absolute Gasteiger partial charge is 0.395 e. The third-order valence-corrected chi connectivity index (χ3v) is 3.52.